The Hall–Kier alpha value is -4.46. The number of nitrogens with zero attached hydrogens (tertiary/aromatic N) is 1. The van der Waals surface area contributed by atoms with Crippen molar-refractivity contribution >= 4 is 22.7 Å². The van der Waals surface area contributed by atoms with Gasteiger partial charge in [-0.3, -0.25) is 9.59 Å². The first-order valence-corrected chi connectivity index (χ1v) is 11.1. The first-order valence-electron chi connectivity index (χ1n) is 11.1. The number of Topliss-reactive ketones (excluding diaryl/α,β-unsaturated/α-hetero) is 1. The first kappa shape index (κ1) is 22.3. The lowest BCUT2D eigenvalue weighted by molar-refractivity contribution is -0.130. The van der Waals surface area contributed by atoms with Crippen LogP contribution in [0.5, 0.6) is 11.5 Å². The Balaban J connectivity index is 1.54. The molecule has 8 heteroatoms. The summed E-state index contributed by atoms with van der Waals surface area (Å²) in [7, 11) is 1.51. The number of fused-ring (bicyclic) bond motifs is 1. The maximum Gasteiger partial charge on any atom is 0.290 e. The molecule has 0 saturated heterocycles. The van der Waals surface area contributed by atoms with Crippen molar-refractivity contribution in [1.82, 2.24) is 4.90 Å². The number of rotatable bonds is 8. The maximum absolute atomic E-state index is 13.6. The molecule has 178 valence electrons. The molecular weight excluding hydrogens is 450 g/mol. The van der Waals surface area contributed by atoms with Crippen LogP contribution in [-0.2, 0) is 11.3 Å². The Morgan fingerprint density at radius 1 is 1.11 bits per heavy atom. The Bertz CT molecular complexity index is 1430. The van der Waals surface area contributed by atoms with E-state index >= 15 is 0 Å². The summed E-state index contributed by atoms with van der Waals surface area (Å²) >= 11 is 0. The lowest BCUT2D eigenvalue weighted by atomic mass is 9.99. The SMILES string of the molecule is CCOc1cccc(CN2C(=O)C(O)=C(C(=O)c3cc4cccc(OC)c4o3)C2c2ccco2)c1. The summed E-state index contributed by atoms with van der Waals surface area (Å²) in [5, 5.41) is 11.5. The van der Waals surface area contributed by atoms with E-state index in [0.717, 1.165) is 5.56 Å². The molecule has 0 saturated carbocycles. The number of benzene rings is 2. The molecule has 5 rings (SSSR count). The molecule has 1 amide bonds. The molecule has 1 N–H and O–H groups in total. The van der Waals surface area contributed by atoms with Gasteiger partial charge in [0.25, 0.3) is 5.91 Å². The van der Waals surface area contributed by atoms with Gasteiger partial charge in [0.15, 0.2) is 22.9 Å². The minimum Gasteiger partial charge on any atom is -0.503 e. The monoisotopic (exact) mass is 473 g/mol. The van der Waals surface area contributed by atoms with E-state index in [2.05, 4.69) is 0 Å². The molecule has 2 aromatic heterocycles. The molecule has 3 heterocycles. The van der Waals surface area contributed by atoms with Crippen molar-refractivity contribution in [1.29, 1.82) is 0 Å². The van der Waals surface area contributed by atoms with E-state index in [1.165, 1.54) is 18.3 Å². The van der Waals surface area contributed by atoms with Crippen molar-refractivity contribution in [3.8, 4) is 11.5 Å². The molecular formula is C27H23NO7. The Labute approximate surface area is 201 Å². The molecule has 35 heavy (non-hydrogen) atoms. The van der Waals surface area contributed by atoms with E-state index < -0.39 is 23.5 Å². The van der Waals surface area contributed by atoms with Gasteiger partial charge in [0.05, 0.1) is 25.6 Å². The van der Waals surface area contributed by atoms with E-state index in [9.17, 15) is 14.7 Å². The number of aliphatic hydroxyl groups is 1. The number of amides is 1. The fourth-order valence-corrected chi connectivity index (χ4v) is 4.33. The van der Waals surface area contributed by atoms with Crippen LogP contribution in [0.4, 0.5) is 0 Å². The van der Waals surface area contributed by atoms with Crippen LogP contribution in [-0.4, -0.2) is 35.4 Å². The predicted molar refractivity (Wildman–Crippen MR) is 126 cm³/mol. The van der Waals surface area contributed by atoms with Gasteiger partial charge in [-0.2, -0.15) is 0 Å². The molecule has 4 aromatic rings. The fraction of sp³-hybridized carbons (Fsp3) is 0.185. The second kappa shape index (κ2) is 9.06. The van der Waals surface area contributed by atoms with Gasteiger partial charge in [-0.05, 0) is 48.9 Å². The van der Waals surface area contributed by atoms with E-state index in [-0.39, 0.29) is 17.9 Å². The summed E-state index contributed by atoms with van der Waals surface area (Å²) in [5.41, 5.74) is 1.07. The van der Waals surface area contributed by atoms with Crippen molar-refractivity contribution in [2.24, 2.45) is 0 Å². The van der Waals surface area contributed by atoms with Gasteiger partial charge < -0.3 is 28.3 Å². The van der Waals surface area contributed by atoms with Gasteiger partial charge in [0.2, 0.25) is 5.78 Å². The van der Waals surface area contributed by atoms with Gasteiger partial charge in [0, 0.05) is 11.9 Å². The molecule has 8 nitrogen and oxygen atoms in total. The van der Waals surface area contributed by atoms with E-state index in [4.69, 9.17) is 18.3 Å². The Morgan fingerprint density at radius 2 is 1.94 bits per heavy atom. The highest BCUT2D eigenvalue weighted by atomic mass is 16.5. The number of aliphatic hydroxyl groups excluding tert-OH is 1. The largest absolute Gasteiger partial charge is 0.503 e. The smallest absolute Gasteiger partial charge is 0.290 e. The van der Waals surface area contributed by atoms with Crippen LogP contribution >= 0.6 is 0 Å². The topological polar surface area (TPSA) is 102 Å². The fourth-order valence-electron chi connectivity index (χ4n) is 4.33. The molecule has 1 unspecified atom stereocenters. The van der Waals surface area contributed by atoms with Crippen LogP contribution in [0.25, 0.3) is 11.0 Å². The number of ether oxygens (including phenoxy) is 2. The highest BCUT2D eigenvalue weighted by Gasteiger charge is 2.46. The number of carbonyl (C=O) groups is 2. The van der Waals surface area contributed by atoms with Crippen molar-refractivity contribution in [2.45, 2.75) is 19.5 Å². The molecule has 0 spiro atoms. The number of furan rings is 2. The van der Waals surface area contributed by atoms with Crippen LogP contribution in [0, 0.1) is 0 Å². The van der Waals surface area contributed by atoms with Crippen molar-refractivity contribution in [3.63, 3.8) is 0 Å². The summed E-state index contributed by atoms with van der Waals surface area (Å²) in [4.78, 5) is 28.2. The standard InChI is InChI=1S/C27H23NO7/c1-3-33-18-9-4-7-16(13-18)15-28-23(19-11-6-12-34-19)22(25(30)27(28)31)24(29)21-14-17-8-5-10-20(32-2)26(17)35-21/h4-14,23,30H,3,15H2,1-2H3. The molecule has 0 bridgehead atoms. The Kier molecular flexibility index (Phi) is 5.78. The summed E-state index contributed by atoms with van der Waals surface area (Å²) in [6.45, 7) is 2.52. The molecule has 2 aromatic carbocycles. The third kappa shape index (κ3) is 3.93. The third-order valence-electron chi connectivity index (χ3n) is 5.88. The van der Waals surface area contributed by atoms with E-state index in [0.29, 0.717) is 34.8 Å². The third-order valence-corrected chi connectivity index (χ3v) is 5.88. The number of para-hydroxylation sites is 1. The van der Waals surface area contributed by atoms with Gasteiger partial charge in [-0.25, -0.2) is 0 Å². The molecule has 0 radical (unpaired) electrons. The summed E-state index contributed by atoms with van der Waals surface area (Å²) in [6, 6.07) is 16.6. The van der Waals surface area contributed by atoms with Crippen molar-refractivity contribution < 1.29 is 33.0 Å². The molecule has 1 aliphatic heterocycles. The zero-order valence-electron chi connectivity index (χ0n) is 19.2. The summed E-state index contributed by atoms with van der Waals surface area (Å²) < 4.78 is 22.3. The van der Waals surface area contributed by atoms with Crippen LogP contribution in [0.3, 0.4) is 0 Å². The number of ketones is 1. The predicted octanol–water partition coefficient (Wildman–Crippen LogP) is 5.21. The summed E-state index contributed by atoms with van der Waals surface area (Å²) in [6.07, 6.45) is 1.46. The second-order valence-electron chi connectivity index (χ2n) is 8.01. The number of hydrogen-bond acceptors (Lipinski definition) is 7. The highest BCUT2D eigenvalue weighted by molar-refractivity contribution is 6.16. The van der Waals surface area contributed by atoms with Crippen LogP contribution < -0.4 is 9.47 Å². The van der Waals surface area contributed by atoms with Crippen LogP contribution in [0.15, 0.2) is 87.1 Å². The minimum atomic E-state index is -0.934. The van der Waals surface area contributed by atoms with Gasteiger partial charge in [0.1, 0.15) is 17.6 Å². The minimum absolute atomic E-state index is 0.0180. The van der Waals surface area contributed by atoms with Gasteiger partial charge in [-0.1, -0.05) is 24.3 Å². The maximum atomic E-state index is 13.6. The van der Waals surface area contributed by atoms with Gasteiger partial charge in [-0.15, -0.1) is 0 Å². The first-order chi connectivity index (χ1) is 17.0. The zero-order chi connectivity index (χ0) is 24.5. The van der Waals surface area contributed by atoms with E-state index in [1.807, 2.05) is 31.2 Å². The van der Waals surface area contributed by atoms with Crippen LogP contribution in [0.1, 0.15) is 34.8 Å². The summed E-state index contributed by atoms with van der Waals surface area (Å²) in [5.74, 6) is -0.455. The average Bonchev–Trinajstić information content (AvgIpc) is 3.59. The van der Waals surface area contributed by atoms with Crippen molar-refractivity contribution in [3.05, 3.63) is 95.3 Å². The zero-order valence-corrected chi connectivity index (χ0v) is 19.2. The Morgan fingerprint density at radius 3 is 2.69 bits per heavy atom. The molecule has 1 atom stereocenters. The van der Waals surface area contributed by atoms with E-state index in [1.54, 1.807) is 36.4 Å². The average molecular weight is 473 g/mol. The number of hydrogen-bond donors (Lipinski definition) is 1. The molecule has 1 aliphatic rings. The number of carbonyl (C=O) groups excluding carboxylic acids is 2. The lowest BCUT2D eigenvalue weighted by Gasteiger charge is -2.25. The quantitative estimate of drug-likeness (QED) is 0.350. The molecule has 0 aliphatic carbocycles. The molecule has 0 fully saturated rings. The van der Waals surface area contributed by atoms with Gasteiger partial charge >= 0.3 is 0 Å². The second-order valence-corrected chi connectivity index (χ2v) is 8.01. The number of methoxy groups -OCH3 is 1. The van der Waals surface area contributed by atoms with Crippen LogP contribution in [0.2, 0.25) is 0 Å². The lowest BCUT2D eigenvalue weighted by Crippen LogP contribution is -2.30. The normalized spacial score (nSPS) is 15.8. The van der Waals surface area contributed by atoms with Crippen molar-refractivity contribution in [2.75, 3.05) is 13.7 Å². The highest BCUT2D eigenvalue weighted by Crippen LogP contribution is 2.41.